The van der Waals surface area contributed by atoms with Crippen LogP contribution < -0.4 is 0 Å². The first-order chi connectivity index (χ1) is 10.4. The second kappa shape index (κ2) is 6.63. The van der Waals surface area contributed by atoms with Gasteiger partial charge in [0.25, 0.3) is 10.4 Å². The second-order valence-corrected chi connectivity index (χ2v) is 14.0. The molecule has 0 bridgehead atoms. The van der Waals surface area contributed by atoms with Crippen LogP contribution in [0.3, 0.4) is 0 Å². The van der Waals surface area contributed by atoms with Gasteiger partial charge in [-0.25, -0.2) is 0 Å². The van der Waals surface area contributed by atoms with Gasteiger partial charge in [0.05, 0.1) is 0 Å². The molecule has 0 heterocycles. The van der Waals surface area contributed by atoms with E-state index in [-0.39, 0.29) is 0 Å². The van der Waals surface area contributed by atoms with Crippen molar-refractivity contribution in [1.82, 2.24) is 0 Å². The topological polar surface area (TPSA) is 328 Å². The highest BCUT2D eigenvalue weighted by molar-refractivity contribution is 7.80. The molecule has 0 aliphatic rings. The third kappa shape index (κ3) is 4.24. The minimum atomic E-state index is -7.24. The first-order valence-electron chi connectivity index (χ1n) is 5.09. The van der Waals surface area contributed by atoms with Gasteiger partial charge < -0.3 is 59.1 Å². The van der Waals surface area contributed by atoms with E-state index in [9.17, 15) is 33.0 Å². The third-order valence-corrected chi connectivity index (χ3v) is 13.5. The molecule has 0 atom stereocenters. The molecule has 17 nitrogen and oxygen atoms in total. The van der Waals surface area contributed by atoms with Gasteiger partial charge in [-0.05, 0) is 0 Å². The Morgan fingerprint density at radius 3 is 0.880 bits per heavy atom. The Labute approximate surface area is 136 Å². The van der Waals surface area contributed by atoms with Crippen molar-refractivity contribution in [2.75, 3.05) is 0 Å². The second-order valence-electron chi connectivity index (χ2n) is 4.55. The van der Waals surface area contributed by atoms with Crippen LogP contribution in [0, 0.1) is 0 Å². The van der Waals surface area contributed by atoms with E-state index in [1.165, 1.54) is 0 Å². The monoisotopic (exact) mass is 476 g/mol. The molecule has 0 fully saturated rings. The molecule has 0 saturated carbocycles. The van der Waals surface area contributed by atoms with Crippen LogP contribution in [0.1, 0.15) is 0 Å². The molecule has 0 radical (unpaired) electrons. The van der Waals surface area contributed by atoms with E-state index >= 15 is 0 Å². The van der Waals surface area contributed by atoms with E-state index in [1.54, 1.807) is 0 Å². The van der Waals surface area contributed by atoms with Gasteiger partial charge >= 0.3 is 38.0 Å². The molecule has 0 aromatic heterocycles. The van der Waals surface area contributed by atoms with Crippen molar-refractivity contribution in [1.29, 1.82) is 0 Å². The van der Waals surface area contributed by atoms with Crippen molar-refractivity contribution in [2.24, 2.45) is 0 Å². The molecule has 0 aromatic carbocycles. The van der Waals surface area contributed by atoms with Gasteiger partial charge in [-0.3, -0.25) is 22.8 Å². The number of rotatable bonds is 7. The molecule has 0 aliphatic heterocycles. The average molecular weight is 476 g/mol. The molecule has 0 amide bonds. The Hall–Kier alpha value is 0.670. The maximum atomic E-state index is 11.6. The Kier molecular flexibility index (Phi) is 6.80. The number of hydrogen-bond donors (Lipinski definition) is 12. The molecule has 0 aliphatic carbocycles. The molecule has 0 saturated heterocycles. The van der Waals surface area contributed by atoms with Crippen LogP contribution in [0.15, 0.2) is 0 Å². The molecule has 0 aromatic rings. The van der Waals surface area contributed by atoms with Crippen LogP contribution in [-0.2, 0) is 22.8 Å². The Morgan fingerprint density at radius 1 is 0.520 bits per heavy atom. The zero-order chi connectivity index (χ0) is 21.1. The molecule has 25 heavy (non-hydrogen) atoms. The molecule has 0 spiro atoms. The summed E-state index contributed by atoms with van der Waals surface area (Å²) in [4.78, 5) is 84.3. The van der Waals surface area contributed by atoms with Crippen LogP contribution in [0.2, 0.25) is 0 Å². The van der Waals surface area contributed by atoms with Gasteiger partial charge in [-0.2, -0.15) is 0 Å². The van der Waals surface area contributed by atoms with Crippen LogP contribution >= 0.6 is 38.0 Å². The highest BCUT2D eigenvalue weighted by atomic mass is 31.3. The van der Waals surface area contributed by atoms with E-state index in [4.69, 9.17) is 48.9 Å². The van der Waals surface area contributed by atoms with Gasteiger partial charge in [0.1, 0.15) is 0 Å². The molecular weight excluding hydrogens is 463 g/mol. The summed E-state index contributed by atoms with van der Waals surface area (Å²) in [6.07, 6.45) is 0. The van der Waals surface area contributed by atoms with Crippen molar-refractivity contribution in [3.63, 3.8) is 0 Å². The highest BCUT2D eigenvalue weighted by Crippen LogP contribution is 2.86. The SMILES string of the molecule is O=P(O)(O)C(C(C(O)(O)P(=O)(O)O)(P(=O)(O)O)P(=O)(O)O)P(=O)(O)O. The molecule has 12 N–H and O–H groups in total. The molecule has 0 rings (SSSR count). The zero-order valence-corrected chi connectivity index (χ0v) is 15.7. The lowest BCUT2D eigenvalue weighted by atomic mass is 10.4. The van der Waals surface area contributed by atoms with Gasteiger partial charge in [0.15, 0.2) is 5.40 Å². The van der Waals surface area contributed by atoms with E-state index in [1.807, 2.05) is 0 Å². The lowest BCUT2D eigenvalue weighted by Crippen LogP contribution is -2.59. The minimum absolute atomic E-state index is 4.61. The summed E-state index contributed by atoms with van der Waals surface area (Å²) < 4.78 is 57.0. The lowest BCUT2D eigenvalue weighted by molar-refractivity contribution is -0.121. The van der Waals surface area contributed by atoms with Gasteiger partial charge in [0.2, 0.25) is 0 Å². The molecule has 22 heteroatoms. The van der Waals surface area contributed by atoms with Crippen LogP contribution in [0.4, 0.5) is 0 Å². The summed E-state index contributed by atoms with van der Waals surface area (Å²) in [7, 11) is -35.0. The number of aliphatic hydroxyl groups is 2. The summed E-state index contributed by atoms with van der Waals surface area (Å²) in [5, 5.41) is 14.3. The van der Waals surface area contributed by atoms with Crippen LogP contribution in [-0.4, -0.2) is 75.0 Å². The molecular formula is C3H13O17P5. The maximum absolute atomic E-state index is 11.6. The first kappa shape index (κ1) is 25.7. The van der Waals surface area contributed by atoms with Crippen molar-refractivity contribution in [3.8, 4) is 0 Å². The first-order valence-corrected chi connectivity index (χ1v) is 13.3. The number of hydrogen-bond acceptors (Lipinski definition) is 7. The average Bonchev–Trinajstić information content (AvgIpc) is 2.15. The van der Waals surface area contributed by atoms with E-state index in [2.05, 4.69) is 0 Å². The van der Waals surface area contributed by atoms with Crippen LogP contribution in [0.25, 0.3) is 0 Å². The van der Waals surface area contributed by atoms with Crippen molar-refractivity contribution < 1.29 is 82.0 Å². The minimum Gasteiger partial charge on any atom is -0.355 e. The van der Waals surface area contributed by atoms with E-state index in [0.29, 0.717) is 0 Å². The maximum Gasteiger partial charge on any atom is 0.386 e. The smallest absolute Gasteiger partial charge is 0.355 e. The summed E-state index contributed by atoms with van der Waals surface area (Å²) in [5.41, 5.74) is -5.69. The fourth-order valence-electron chi connectivity index (χ4n) is 1.91. The standard InChI is InChI=1S/C3H13O17P5/c4-3(5,25(18,19)20)2(23(12,13)14,24(15,16)17)1(21(6,7)8)22(9,10)11/h1,4-5H,(H2,6,7,8)(H2,9,10,11)(H2,12,13,14)(H2,15,16,17)(H2,18,19,20). The summed E-state index contributed by atoms with van der Waals surface area (Å²) >= 11 is 0. The van der Waals surface area contributed by atoms with Crippen molar-refractivity contribution >= 4 is 38.0 Å². The fourth-order valence-corrected chi connectivity index (χ4v) is 13.5. The normalized spacial score (nSPS) is 16.4. The predicted octanol–water partition coefficient (Wildman–Crippen LogP) is -3.46. The molecule has 152 valence electrons. The van der Waals surface area contributed by atoms with E-state index < -0.39 is 53.8 Å². The highest BCUT2D eigenvalue weighted by Gasteiger charge is 2.86. The predicted molar refractivity (Wildman–Crippen MR) is 73.9 cm³/mol. The van der Waals surface area contributed by atoms with Crippen LogP contribution in [0.5, 0.6) is 0 Å². The van der Waals surface area contributed by atoms with Crippen molar-refractivity contribution in [2.45, 2.75) is 15.8 Å². The third-order valence-electron chi connectivity index (χ3n) is 2.79. The summed E-state index contributed by atoms with van der Waals surface area (Å²) in [6.45, 7) is 0. The van der Waals surface area contributed by atoms with Gasteiger partial charge in [-0.15, -0.1) is 0 Å². The lowest BCUT2D eigenvalue weighted by Gasteiger charge is -2.46. The summed E-state index contributed by atoms with van der Waals surface area (Å²) in [5.74, 6) is 0. The largest absolute Gasteiger partial charge is 0.386 e. The zero-order valence-electron chi connectivity index (χ0n) is 11.2. The summed E-state index contributed by atoms with van der Waals surface area (Å²) in [6, 6.07) is 0. The Morgan fingerprint density at radius 2 is 0.760 bits per heavy atom. The quantitative estimate of drug-likeness (QED) is 0.125. The Bertz CT molecular complexity index is 703. The Balaban J connectivity index is 7.88. The van der Waals surface area contributed by atoms with Crippen molar-refractivity contribution in [3.05, 3.63) is 0 Å². The van der Waals surface area contributed by atoms with Gasteiger partial charge in [0, 0.05) is 0 Å². The van der Waals surface area contributed by atoms with E-state index in [0.717, 1.165) is 0 Å². The molecule has 0 unspecified atom stereocenters. The van der Waals surface area contributed by atoms with Gasteiger partial charge in [-0.1, -0.05) is 0 Å². The fraction of sp³-hybridized carbons (Fsp3) is 1.00.